The van der Waals surface area contributed by atoms with Crippen LogP contribution in [0.25, 0.3) is 0 Å². The van der Waals surface area contributed by atoms with E-state index in [-0.39, 0.29) is 11.2 Å². The van der Waals surface area contributed by atoms with Gasteiger partial charge in [-0.05, 0) is 42.8 Å². The quantitative estimate of drug-likeness (QED) is 0.626. The van der Waals surface area contributed by atoms with E-state index in [0.29, 0.717) is 13.1 Å². The molecule has 0 spiro atoms. The van der Waals surface area contributed by atoms with E-state index in [0.717, 1.165) is 30.9 Å². The molecule has 0 atom stereocenters. The fourth-order valence-electron chi connectivity index (χ4n) is 2.74. The largest absolute Gasteiger partial charge is 0.357 e. The van der Waals surface area contributed by atoms with Crippen LogP contribution < -0.4 is 10.6 Å². The van der Waals surface area contributed by atoms with Crippen molar-refractivity contribution in [3.8, 4) is 0 Å². The van der Waals surface area contributed by atoms with Crippen LogP contribution in [0, 0.1) is 5.82 Å². The van der Waals surface area contributed by atoms with Gasteiger partial charge in [0.25, 0.3) is 0 Å². The summed E-state index contributed by atoms with van der Waals surface area (Å²) in [5.74, 6) is 0.691. The molecular weight excluding hydrogens is 309 g/mol. The van der Waals surface area contributed by atoms with Crippen LogP contribution in [-0.4, -0.2) is 19.0 Å². The summed E-state index contributed by atoms with van der Waals surface area (Å²) in [6.07, 6.45) is 2.04. The summed E-state index contributed by atoms with van der Waals surface area (Å²) in [5.41, 5.74) is 0.742. The van der Waals surface area contributed by atoms with Crippen LogP contribution in [0.15, 0.2) is 46.8 Å². The molecule has 0 saturated heterocycles. The average molecular weight is 331 g/mol. The highest BCUT2D eigenvalue weighted by Crippen LogP contribution is 2.48. The van der Waals surface area contributed by atoms with Crippen molar-refractivity contribution in [2.75, 3.05) is 13.1 Å². The van der Waals surface area contributed by atoms with Gasteiger partial charge in [0, 0.05) is 23.4 Å². The Hall–Kier alpha value is -1.88. The van der Waals surface area contributed by atoms with Gasteiger partial charge in [0.1, 0.15) is 5.82 Å². The Kier molecular flexibility index (Phi) is 4.96. The van der Waals surface area contributed by atoms with E-state index in [1.165, 1.54) is 4.88 Å². The van der Waals surface area contributed by atoms with Crippen molar-refractivity contribution in [1.82, 2.24) is 10.6 Å². The lowest BCUT2D eigenvalue weighted by Gasteiger charge is -2.19. The van der Waals surface area contributed by atoms with Gasteiger partial charge in [-0.2, -0.15) is 0 Å². The summed E-state index contributed by atoms with van der Waals surface area (Å²) < 4.78 is 14.1. The highest BCUT2D eigenvalue weighted by molar-refractivity contribution is 7.09. The molecule has 1 aromatic heterocycles. The molecule has 5 heteroatoms. The standard InChI is InChI=1S/C18H22FN3S/c1-2-20-17(21-12-14-6-5-11-23-14)22-13-18(9-10-18)15-7-3-4-8-16(15)19/h3-8,11H,2,9-10,12-13H2,1H3,(H2,20,21,22). The van der Waals surface area contributed by atoms with E-state index in [1.54, 1.807) is 23.5 Å². The van der Waals surface area contributed by atoms with Gasteiger partial charge >= 0.3 is 0 Å². The molecule has 122 valence electrons. The first-order valence-corrected chi connectivity index (χ1v) is 8.91. The van der Waals surface area contributed by atoms with Crippen molar-refractivity contribution < 1.29 is 4.39 Å². The van der Waals surface area contributed by atoms with Crippen molar-refractivity contribution in [2.45, 2.75) is 31.7 Å². The SMILES string of the molecule is CCNC(=NCc1cccs1)NCC1(c2ccccc2F)CC1. The van der Waals surface area contributed by atoms with E-state index in [1.807, 2.05) is 25.1 Å². The molecule has 2 N–H and O–H groups in total. The lowest BCUT2D eigenvalue weighted by Crippen LogP contribution is -2.41. The van der Waals surface area contributed by atoms with Crippen LogP contribution in [-0.2, 0) is 12.0 Å². The van der Waals surface area contributed by atoms with Crippen molar-refractivity contribution in [3.05, 3.63) is 58.0 Å². The number of nitrogens with zero attached hydrogens (tertiary/aromatic N) is 1. The van der Waals surface area contributed by atoms with Crippen molar-refractivity contribution >= 4 is 17.3 Å². The van der Waals surface area contributed by atoms with Gasteiger partial charge < -0.3 is 10.6 Å². The van der Waals surface area contributed by atoms with Crippen LogP contribution >= 0.6 is 11.3 Å². The van der Waals surface area contributed by atoms with Crippen LogP contribution in [0.1, 0.15) is 30.2 Å². The first-order valence-electron chi connectivity index (χ1n) is 8.03. The monoisotopic (exact) mass is 331 g/mol. The molecule has 0 amide bonds. The zero-order valence-electron chi connectivity index (χ0n) is 13.3. The number of hydrogen-bond donors (Lipinski definition) is 2. The Bertz CT molecular complexity index is 663. The fourth-order valence-corrected chi connectivity index (χ4v) is 3.37. The summed E-state index contributed by atoms with van der Waals surface area (Å²) in [5, 5.41) is 8.71. The van der Waals surface area contributed by atoms with Gasteiger partial charge in [-0.3, -0.25) is 0 Å². The zero-order chi connectivity index (χ0) is 16.1. The van der Waals surface area contributed by atoms with Crippen molar-refractivity contribution in [1.29, 1.82) is 0 Å². The van der Waals surface area contributed by atoms with Gasteiger partial charge in [-0.1, -0.05) is 24.3 Å². The Morgan fingerprint density at radius 2 is 2.04 bits per heavy atom. The Morgan fingerprint density at radius 1 is 1.22 bits per heavy atom. The molecule has 1 aliphatic rings. The Labute approximate surface area is 140 Å². The molecule has 3 rings (SSSR count). The first kappa shape index (κ1) is 16.0. The van der Waals surface area contributed by atoms with E-state index < -0.39 is 0 Å². The van der Waals surface area contributed by atoms with E-state index in [2.05, 4.69) is 27.1 Å². The lowest BCUT2D eigenvalue weighted by atomic mass is 9.95. The smallest absolute Gasteiger partial charge is 0.191 e. The third-order valence-corrected chi connectivity index (χ3v) is 5.07. The number of hydrogen-bond acceptors (Lipinski definition) is 2. The Balaban J connectivity index is 1.65. The minimum atomic E-state index is -0.104. The van der Waals surface area contributed by atoms with Gasteiger partial charge in [-0.25, -0.2) is 9.38 Å². The average Bonchev–Trinajstić information content (AvgIpc) is 3.16. The molecule has 1 fully saturated rings. The molecule has 0 unspecified atom stereocenters. The highest BCUT2D eigenvalue weighted by Gasteiger charge is 2.45. The maximum absolute atomic E-state index is 14.1. The highest BCUT2D eigenvalue weighted by atomic mass is 32.1. The molecule has 1 heterocycles. The molecule has 23 heavy (non-hydrogen) atoms. The molecule has 0 radical (unpaired) electrons. The number of guanidine groups is 1. The molecule has 3 nitrogen and oxygen atoms in total. The van der Waals surface area contributed by atoms with E-state index in [9.17, 15) is 4.39 Å². The number of rotatable bonds is 6. The molecular formula is C18H22FN3S. The second kappa shape index (κ2) is 7.13. The number of nitrogens with one attached hydrogen (secondary N) is 2. The Morgan fingerprint density at radius 3 is 2.70 bits per heavy atom. The van der Waals surface area contributed by atoms with E-state index >= 15 is 0 Å². The molecule has 0 bridgehead atoms. The summed E-state index contributed by atoms with van der Waals surface area (Å²) in [6.45, 7) is 4.24. The van der Waals surface area contributed by atoms with Gasteiger partial charge in [-0.15, -0.1) is 11.3 Å². The predicted octanol–water partition coefficient (Wildman–Crippen LogP) is 3.67. The van der Waals surface area contributed by atoms with Gasteiger partial charge in [0.15, 0.2) is 5.96 Å². The number of benzene rings is 1. The summed E-state index contributed by atoms with van der Waals surface area (Å²) >= 11 is 1.71. The predicted molar refractivity (Wildman–Crippen MR) is 94.4 cm³/mol. The second-order valence-electron chi connectivity index (χ2n) is 5.89. The maximum atomic E-state index is 14.1. The van der Waals surface area contributed by atoms with Crippen molar-refractivity contribution in [2.24, 2.45) is 4.99 Å². The summed E-state index contributed by atoms with van der Waals surface area (Å²) in [6, 6.07) is 11.2. The lowest BCUT2D eigenvalue weighted by molar-refractivity contribution is 0.560. The van der Waals surface area contributed by atoms with Crippen LogP contribution in [0.2, 0.25) is 0 Å². The number of halogens is 1. The molecule has 0 aliphatic heterocycles. The summed E-state index contributed by atoms with van der Waals surface area (Å²) in [4.78, 5) is 5.85. The first-order chi connectivity index (χ1) is 11.2. The number of thiophene rings is 1. The van der Waals surface area contributed by atoms with Crippen LogP contribution in [0.5, 0.6) is 0 Å². The zero-order valence-corrected chi connectivity index (χ0v) is 14.1. The number of aliphatic imine (C=N–C) groups is 1. The minimum Gasteiger partial charge on any atom is -0.357 e. The minimum absolute atomic E-state index is 0.0789. The van der Waals surface area contributed by atoms with Gasteiger partial charge in [0.05, 0.1) is 6.54 Å². The maximum Gasteiger partial charge on any atom is 0.191 e. The second-order valence-corrected chi connectivity index (χ2v) is 6.92. The topological polar surface area (TPSA) is 36.4 Å². The van der Waals surface area contributed by atoms with E-state index in [4.69, 9.17) is 0 Å². The third kappa shape index (κ3) is 3.91. The third-order valence-electron chi connectivity index (χ3n) is 4.21. The summed E-state index contributed by atoms with van der Waals surface area (Å²) in [7, 11) is 0. The van der Waals surface area contributed by atoms with Gasteiger partial charge in [0.2, 0.25) is 0 Å². The van der Waals surface area contributed by atoms with Crippen LogP contribution in [0.4, 0.5) is 4.39 Å². The van der Waals surface area contributed by atoms with Crippen LogP contribution in [0.3, 0.4) is 0 Å². The normalized spacial score (nSPS) is 16.2. The molecule has 1 saturated carbocycles. The molecule has 1 aliphatic carbocycles. The molecule has 1 aromatic carbocycles. The fraction of sp³-hybridized carbons (Fsp3) is 0.389. The molecule has 2 aromatic rings. The van der Waals surface area contributed by atoms with Crippen molar-refractivity contribution in [3.63, 3.8) is 0 Å².